The van der Waals surface area contributed by atoms with Gasteiger partial charge in [0, 0.05) is 38.6 Å². The third-order valence-corrected chi connectivity index (χ3v) is 13.6. The van der Waals surface area contributed by atoms with Crippen LogP contribution in [0.1, 0.15) is 0 Å². The van der Waals surface area contributed by atoms with Crippen molar-refractivity contribution in [1.82, 2.24) is 0 Å². The summed E-state index contributed by atoms with van der Waals surface area (Å²) >= 11 is 0. The molecular formula is C66H43NO2. The molecule has 11 aromatic carbocycles. The van der Waals surface area contributed by atoms with E-state index in [2.05, 4.69) is 241 Å². The second-order valence-corrected chi connectivity index (χ2v) is 17.7. The molecule has 0 radical (unpaired) electrons. The quantitative estimate of drug-likeness (QED) is 0.145. The van der Waals surface area contributed by atoms with Crippen LogP contribution in [0.2, 0.25) is 0 Å². The zero-order chi connectivity index (χ0) is 45.7. The number of benzene rings is 11. The number of nitrogens with zero attached hydrogens (tertiary/aromatic N) is 1. The van der Waals surface area contributed by atoms with Gasteiger partial charge in [-0.1, -0.05) is 188 Å². The maximum absolute atomic E-state index is 6.09. The molecule has 0 saturated carbocycles. The first-order valence-corrected chi connectivity index (χ1v) is 23.5. The first-order chi connectivity index (χ1) is 34.1. The van der Waals surface area contributed by atoms with Crippen LogP contribution in [0.3, 0.4) is 0 Å². The molecule has 0 bridgehead atoms. The molecule has 0 aliphatic heterocycles. The van der Waals surface area contributed by atoms with E-state index in [1.807, 2.05) is 24.3 Å². The largest absolute Gasteiger partial charge is 0.456 e. The lowest BCUT2D eigenvalue weighted by Crippen LogP contribution is -2.09. The van der Waals surface area contributed by atoms with Gasteiger partial charge >= 0.3 is 0 Å². The van der Waals surface area contributed by atoms with Crippen molar-refractivity contribution in [3.63, 3.8) is 0 Å². The minimum atomic E-state index is 0.909. The van der Waals surface area contributed by atoms with Crippen LogP contribution in [-0.2, 0) is 0 Å². The van der Waals surface area contributed by atoms with Gasteiger partial charge in [-0.3, -0.25) is 0 Å². The van der Waals surface area contributed by atoms with E-state index in [0.29, 0.717) is 0 Å². The Bertz CT molecular complexity index is 3740. The molecule has 3 heteroatoms. The predicted octanol–water partition coefficient (Wildman–Crippen LogP) is 19.0. The maximum atomic E-state index is 6.09. The van der Waals surface area contributed by atoms with Crippen molar-refractivity contribution in [3.05, 3.63) is 261 Å². The first kappa shape index (κ1) is 40.1. The van der Waals surface area contributed by atoms with Gasteiger partial charge in [0.25, 0.3) is 0 Å². The molecule has 0 aliphatic carbocycles. The van der Waals surface area contributed by atoms with Gasteiger partial charge in [-0.15, -0.1) is 0 Å². The molecule has 3 nitrogen and oxygen atoms in total. The summed E-state index contributed by atoms with van der Waals surface area (Å²) < 4.78 is 12.2. The fourth-order valence-corrected chi connectivity index (χ4v) is 9.86. The van der Waals surface area contributed by atoms with Crippen molar-refractivity contribution in [3.8, 4) is 66.8 Å². The molecule has 0 fully saturated rings. The Morgan fingerprint density at radius 1 is 0.188 bits per heavy atom. The van der Waals surface area contributed by atoms with E-state index in [4.69, 9.17) is 8.83 Å². The number of rotatable bonds is 9. The van der Waals surface area contributed by atoms with Crippen LogP contribution in [0, 0.1) is 0 Å². The summed E-state index contributed by atoms with van der Waals surface area (Å²) in [6.07, 6.45) is 0. The molecule has 0 aliphatic rings. The van der Waals surface area contributed by atoms with E-state index < -0.39 is 0 Å². The van der Waals surface area contributed by atoms with E-state index >= 15 is 0 Å². The van der Waals surface area contributed by atoms with Crippen LogP contribution in [0.4, 0.5) is 17.1 Å². The van der Waals surface area contributed by atoms with Crippen LogP contribution in [0.5, 0.6) is 0 Å². The van der Waals surface area contributed by atoms with Gasteiger partial charge in [0.15, 0.2) is 0 Å². The van der Waals surface area contributed by atoms with Crippen LogP contribution >= 0.6 is 0 Å². The molecule has 13 rings (SSSR count). The molecule has 0 unspecified atom stereocenters. The minimum Gasteiger partial charge on any atom is -0.456 e. The Balaban J connectivity index is 0.794. The van der Waals surface area contributed by atoms with Crippen molar-refractivity contribution >= 4 is 60.9 Å². The highest BCUT2D eigenvalue weighted by Gasteiger charge is 2.16. The molecule has 13 aromatic rings. The molecule has 2 aromatic heterocycles. The lowest BCUT2D eigenvalue weighted by atomic mass is 9.98. The SMILES string of the molecule is c1ccc(-c2ccc(-c3ccc(N(c4ccc(-c5ccc(-c6ccc7oc8ccccc8c7c6)cc5)cc4)c4ccc(-c5ccc(-c6ccc7oc8ccccc8c7c6)cc5)cc4)cc3)cc2)cc1. The van der Waals surface area contributed by atoms with Crippen LogP contribution in [-0.4, -0.2) is 0 Å². The Morgan fingerprint density at radius 3 is 0.783 bits per heavy atom. The fraction of sp³-hybridized carbons (Fsp3) is 0. The second-order valence-electron chi connectivity index (χ2n) is 17.7. The minimum absolute atomic E-state index is 0.909. The third kappa shape index (κ3) is 7.53. The number of hydrogen-bond donors (Lipinski definition) is 0. The van der Waals surface area contributed by atoms with E-state index in [9.17, 15) is 0 Å². The monoisotopic (exact) mass is 881 g/mol. The first-order valence-electron chi connectivity index (χ1n) is 23.5. The number of para-hydroxylation sites is 2. The van der Waals surface area contributed by atoms with Crippen molar-refractivity contribution in [2.24, 2.45) is 0 Å². The zero-order valence-corrected chi connectivity index (χ0v) is 37.6. The Morgan fingerprint density at radius 2 is 0.435 bits per heavy atom. The second kappa shape index (κ2) is 16.9. The fourth-order valence-electron chi connectivity index (χ4n) is 9.86. The van der Waals surface area contributed by atoms with E-state index in [0.717, 1.165) is 72.1 Å². The molecule has 2 heterocycles. The number of furan rings is 2. The summed E-state index contributed by atoms with van der Waals surface area (Å²) in [5.41, 5.74) is 21.0. The van der Waals surface area contributed by atoms with Crippen molar-refractivity contribution in [2.45, 2.75) is 0 Å². The maximum Gasteiger partial charge on any atom is 0.135 e. The van der Waals surface area contributed by atoms with Crippen LogP contribution in [0.25, 0.3) is 111 Å². The van der Waals surface area contributed by atoms with Crippen LogP contribution < -0.4 is 4.90 Å². The lowest BCUT2D eigenvalue weighted by molar-refractivity contribution is 0.668. The van der Waals surface area contributed by atoms with Gasteiger partial charge in [0.05, 0.1) is 0 Å². The highest BCUT2D eigenvalue weighted by molar-refractivity contribution is 6.07. The smallest absolute Gasteiger partial charge is 0.135 e. The Hall–Kier alpha value is -9.18. The summed E-state index contributed by atoms with van der Waals surface area (Å²) in [6.45, 7) is 0. The zero-order valence-electron chi connectivity index (χ0n) is 37.6. The molecular weight excluding hydrogens is 839 g/mol. The van der Waals surface area contributed by atoms with Gasteiger partial charge in [0.2, 0.25) is 0 Å². The summed E-state index contributed by atoms with van der Waals surface area (Å²) in [5, 5.41) is 4.55. The highest BCUT2D eigenvalue weighted by Crippen LogP contribution is 2.40. The average molecular weight is 882 g/mol. The van der Waals surface area contributed by atoms with E-state index in [1.54, 1.807) is 0 Å². The number of anilines is 3. The normalized spacial score (nSPS) is 11.5. The van der Waals surface area contributed by atoms with E-state index in [1.165, 1.54) is 55.6 Å². The lowest BCUT2D eigenvalue weighted by Gasteiger charge is -2.26. The molecule has 69 heavy (non-hydrogen) atoms. The van der Waals surface area contributed by atoms with Gasteiger partial charge in [-0.05, 0) is 140 Å². The van der Waals surface area contributed by atoms with Gasteiger partial charge in [-0.25, -0.2) is 0 Å². The summed E-state index contributed by atoms with van der Waals surface area (Å²) in [4.78, 5) is 2.34. The van der Waals surface area contributed by atoms with Crippen molar-refractivity contribution < 1.29 is 8.83 Å². The summed E-state index contributed by atoms with van der Waals surface area (Å²) in [7, 11) is 0. The topological polar surface area (TPSA) is 29.5 Å². The molecule has 0 saturated heterocycles. The Kier molecular flexibility index (Phi) is 9.84. The number of hydrogen-bond acceptors (Lipinski definition) is 3. The van der Waals surface area contributed by atoms with Gasteiger partial charge in [-0.2, -0.15) is 0 Å². The molecule has 0 atom stereocenters. The third-order valence-electron chi connectivity index (χ3n) is 13.6. The standard InChI is InChI=1S/C66H43NO2/c1-2-8-44(9-3-1)45-14-16-46(17-15-45)49-26-34-56(35-27-49)67(57-36-28-50(29-37-57)47-18-22-52(23-19-47)54-32-40-65-61(42-54)59-10-4-6-12-63(59)68-65)58-38-30-51(31-39-58)48-20-24-53(25-21-48)55-33-41-66-62(43-55)60-11-5-7-13-64(60)69-66/h1-43H. The molecule has 0 N–H and O–H groups in total. The van der Waals surface area contributed by atoms with Crippen LogP contribution in [0.15, 0.2) is 270 Å². The summed E-state index contributed by atoms with van der Waals surface area (Å²) in [6, 6.07) is 93.2. The van der Waals surface area contributed by atoms with E-state index in [-0.39, 0.29) is 0 Å². The van der Waals surface area contributed by atoms with Gasteiger partial charge < -0.3 is 13.7 Å². The number of fused-ring (bicyclic) bond motifs is 6. The molecule has 0 spiro atoms. The highest BCUT2D eigenvalue weighted by atomic mass is 16.3. The average Bonchev–Trinajstić information content (AvgIpc) is 4.00. The predicted molar refractivity (Wildman–Crippen MR) is 288 cm³/mol. The molecule has 0 amide bonds. The summed E-state index contributed by atoms with van der Waals surface area (Å²) in [5.74, 6) is 0. The van der Waals surface area contributed by atoms with Crippen molar-refractivity contribution in [1.29, 1.82) is 0 Å². The Labute approximate surface area is 400 Å². The van der Waals surface area contributed by atoms with Crippen molar-refractivity contribution in [2.75, 3.05) is 4.90 Å². The molecule has 324 valence electrons. The van der Waals surface area contributed by atoms with Gasteiger partial charge in [0.1, 0.15) is 22.3 Å².